The molecular formula is C15H23N3O2. The molecule has 2 amide bonds. The second-order valence-electron chi connectivity index (χ2n) is 4.43. The number of carbonyl (C=O) groups excluding carboxylic acids is 2. The minimum absolute atomic E-state index is 0.00593. The van der Waals surface area contributed by atoms with Crippen LogP contribution in [-0.2, 0) is 4.79 Å². The van der Waals surface area contributed by atoms with Crippen LogP contribution < -0.4 is 10.6 Å². The quantitative estimate of drug-likeness (QED) is 0.741. The van der Waals surface area contributed by atoms with Crippen molar-refractivity contribution in [1.82, 2.24) is 15.5 Å². The summed E-state index contributed by atoms with van der Waals surface area (Å²) in [5.41, 5.74) is 0.559. The number of nitrogens with zero attached hydrogens (tertiary/aromatic N) is 1. The first-order valence-electron chi connectivity index (χ1n) is 6.99. The summed E-state index contributed by atoms with van der Waals surface area (Å²) < 4.78 is 0. The van der Waals surface area contributed by atoms with Crippen molar-refractivity contribution in [3.05, 3.63) is 35.9 Å². The van der Waals surface area contributed by atoms with Crippen LogP contribution in [0, 0.1) is 0 Å². The lowest BCUT2D eigenvalue weighted by atomic mass is 10.2. The van der Waals surface area contributed by atoms with E-state index >= 15 is 0 Å². The lowest BCUT2D eigenvalue weighted by Crippen LogP contribution is -2.40. The van der Waals surface area contributed by atoms with Gasteiger partial charge in [0.25, 0.3) is 5.91 Å². The van der Waals surface area contributed by atoms with Gasteiger partial charge in [-0.3, -0.25) is 9.59 Å². The first-order chi connectivity index (χ1) is 9.67. The summed E-state index contributed by atoms with van der Waals surface area (Å²) in [6, 6.07) is 8.86. The number of benzene rings is 1. The SMILES string of the molecule is CCN(CC)CCNC(=O)CNC(=O)c1ccccc1. The van der Waals surface area contributed by atoms with Crippen LogP contribution in [0.2, 0.25) is 0 Å². The highest BCUT2D eigenvalue weighted by Crippen LogP contribution is 1.97. The van der Waals surface area contributed by atoms with Gasteiger partial charge in [-0.25, -0.2) is 0 Å². The average Bonchev–Trinajstić information content (AvgIpc) is 2.50. The Kier molecular flexibility index (Phi) is 7.35. The van der Waals surface area contributed by atoms with Crippen LogP contribution >= 0.6 is 0 Å². The van der Waals surface area contributed by atoms with Crippen LogP contribution in [-0.4, -0.2) is 49.4 Å². The lowest BCUT2D eigenvalue weighted by molar-refractivity contribution is -0.120. The Labute approximate surface area is 120 Å². The molecule has 0 heterocycles. The van der Waals surface area contributed by atoms with Crippen molar-refractivity contribution in [2.75, 3.05) is 32.7 Å². The Morgan fingerprint density at radius 1 is 1.05 bits per heavy atom. The number of hydrogen-bond donors (Lipinski definition) is 2. The Bertz CT molecular complexity index is 416. The van der Waals surface area contributed by atoms with Gasteiger partial charge >= 0.3 is 0 Å². The molecule has 1 rings (SSSR count). The Morgan fingerprint density at radius 3 is 2.30 bits per heavy atom. The largest absolute Gasteiger partial charge is 0.353 e. The van der Waals surface area contributed by atoms with Gasteiger partial charge in [-0.1, -0.05) is 32.0 Å². The fraction of sp³-hybridized carbons (Fsp3) is 0.467. The molecule has 0 spiro atoms. The first-order valence-corrected chi connectivity index (χ1v) is 6.99. The fourth-order valence-corrected chi connectivity index (χ4v) is 1.81. The molecule has 0 atom stereocenters. The number of likely N-dealkylation sites (N-methyl/N-ethyl adjacent to an activating group) is 1. The third kappa shape index (κ3) is 5.84. The maximum atomic E-state index is 11.7. The Balaban J connectivity index is 2.22. The summed E-state index contributed by atoms with van der Waals surface area (Å²) in [5.74, 6) is -0.397. The Hall–Kier alpha value is -1.88. The third-order valence-electron chi connectivity index (χ3n) is 3.09. The molecule has 0 unspecified atom stereocenters. The zero-order valence-electron chi connectivity index (χ0n) is 12.2. The highest BCUT2D eigenvalue weighted by Gasteiger charge is 2.07. The molecule has 1 aromatic carbocycles. The summed E-state index contributed by atoms with van der Waals surface area (Å²) in [4.78, 5) is 25.5. The molecule has 0 aliphatic heterocycles. The van der Waals surface area contributed by atoms with Gasteiger partial charge in [0.2, 0.25) is 5.91 Å². The van der Waals surface area contributed by atoms with Crippen LogP contribution in [0.5, 0.6) is 0 Å². The Morgan fingerprint density at radius 2 is 1.70 bits per heavy atom. The molecule has 5 heteroatoms. The van der Waals surface area contributed by atoms with E-state index in [1.54, 1.807) is 24.3 Å². The smallest absolute Gasteiger partial charge is 0.251 e. The van der Waals surface area contributed by atoms with Crippen molar-refractivity contribution in [2.45, 2.75) is 13.8 Å². The summed E-state index contributed by atoms with van der Waals surface area (Å²) in [5, 5.41) is 5.39. The van der Waals surface area contributed by atoms with E-state index in [-0.39, 0.29) is 18.4 Å². The van der Waals surface area contributed by atoms with Gasteiger partial charge in [0, 0.05) is 18.7 Å². The molecule has 0 bridgehead atoms. The van der Waals surface area contributed by atoms with E-state index in [0.29, 0.717) is 12.1 Å². The van der Waals surface area contributed by atoms with Crippen molar-refractivity contribution in [3.8, 4) is 0 Å². The second kappa shape index (κ2) is 9.09. The van der Waals surface area contributed by atoms with Crippen LogP contribution in [0.25, 0.3) is 0 Å². The normalized spacial score (nSPS) is 10.3. The number of nitrogens with one attached hydrogen (secondary N) is 2. The van der Waals surface area contributed by atoms with Gasteiger partial charge in [0.15, 0.2) is 0 Å². The zero-order chi connectivity index (χ0) is 14.8. The van der Waals surface area contributed by atoms with Gasteiger partial charge in [0.05, 0.1) is 6.54 Å². The van der Waals surface area contributed by atoms with Gasteiger partial charge in [-0.05, 0) is 25.2 Å². The van der Waals surface area contributed by atoms with Crippen molar-refractivity contribution >= 4 is 11.8 Å². The van der Waals surface area contributed by atoms with Gasteiger partial charge in [-0.2, -0.15) is 0 Å². The first kappa shape index (κ1) is 16.2. The molecule has 0 saturated heterocycles. The lowest BCUT2D eigenvalue weighted by Gasteiger charge is -2.17. The van der Waals surface area contributed by atoms with E-state index in [0.717, 1.165) is 19.6 Å². The summed E-state index contributed by atoms with van der Waals surface area (Å²) in [7, 11) is 0. The standard InChI is InChI=1S/C15H23N3O2/c1-3-18(4-2)11-10-16-14(19)12-17-15(20)13-8-6-5-7-9-13/h5-9H,3-4,10-12H2,1-2H3,(H,16,19)(H,17,20). The molecule has 20 heavy (non-hydrogen) atoms. The van der Waals surface area contributed by atoms with E-state index in [1.807, 2.05) is 6.07 Å². The highest BCUT2D eigenvalue weighted by molar-refractivity contribution is 5.96. The van der Waals surface area contributed by atoms with Gasteiger partial charge < -0.3 is 15.5 Å². The minimum Gasteiger partial charge on any atom is -0.353 e. The summed E-state index contributed by atoms with van der Waals surface area (Å²) in [6.45, 7) is 7.55. The molecule has 0 aliphatic carbocycles. The summed E-state index contributed by atoms with van der Waals surface area (Å²) in [6.07, 6.45) is 0. The van der Waals surface area contributed by atoms with Gasteiger partial charge in [-0.15, -0.1) is 0 Å². The third-order valence-corrected chi connectivity index (χ3v) is 3.09. The number of amides is 2. The highest BCUT2D eigenvalue weighted by atomic mass is 16.2. The fourth-order valence-electron chi connectivity index (χ4n) is 1.81. The van der Waals surface area contributed by atoms with E-state index in [2.05, 4.69) is 29.4 Å². The maximum Gasteiger partial charge on any atom is 0.251 e. The molecule has 0 aliphatic rings. The molecule has 5 nitrogen and oxygen atoms in total. The molecule has 110 valence electrons. The molecule has 2 N–H and O–H groups in total. The van der Waals surface area contributed by atoms with Crippen molar-refractivity contribution in [2.24, 2.45) is 0 Å². The molecule has 0 fully saturated rings. The molecule has 0 aromatic heterocycles. The number of rotatable bonds is 8. The number of hydrogen-bond acceptors (Lipinski definition) is 3. The summed E-state index contributed by atoms with van der Waals surface area (Å²) >= 11 is 0. The molecule has 1 aromatic rings. The predicted octanol–water partition coefficient (Wildman–Crippen LogP) is 0.874. The molecule has 0 saturated carbocycles. The van der Waals surface area contributed by atoms with Crippen LogP contribution in [0.1, 0.15) is 24.2 Å². The van der Waals surface area contributed by atoms with E-state index in [4.69, 9.17) is 0 Å². The van der Waals surface area contributed by atoms with E-state index in [1.165, 1.54) is 0 Å². The van der Waals surface area contributed by atoms with Crippen molar-refractivity contribution < 1.29 is 9.59 Å². The maximum absolute atomic E-state index is 11.7. The average molecular weight is 277 g/mol. The topological polar surface area (TPSA) is 61.4 Å². The van der Waals surface area contributed by atoms with Crippen molar-refractivity contribution in [3.63, 3.8) is 0 Å². The predicted molar refractivity (Wildman–Crippen MR) is 79.6 cm³/mol. The number of carbonyl (C=O) groups is 2. The molecular weight excluding hydrogens is 254 g/mol. The van der Waals surface area contributed by atoms with Crippen LogP contribution in [0.3, 0.4) is 0 Å². The van der Waals surface area contributed by atoms with Crippen LogP contribution in [0.4, 0.5) is 0 Å². The minimum atomic E-state index is -0.232. The monoisotopic (exact) mass is 277 g/mol. The zero-order valence-corrected chi connectivity index (χ0v) is 12.2. The van der Waals surface area contributed by atoms with Crippen molar-refractivity contribution in [1.29, 1.82) is 0 Å². The van der Waals surface area contributed by atoms with Crippen LogP contribution in [0.15, 0.2) is 30.3 Å². The second-order valence-corrected chi connectivity index (χ2v) is 4.43. The van der Waals surface area contributed by atoms with E-state index < -0.39 is 0 Å². The van der Waals surface area contributed by atoms with Gasteiger partial charge in [0.1, 0.15) is 0 Å². The molecule has 0 radical (unpaired) electrons. The van der Waals surface area contributed by atoms with E-state index in [9.17, 15) is 9.59 Å².